The van der Waals surface area contributed by atoms with Crippen molar-refractivity contribution in [2.45, 2.75) is 25.9 Å². The van der Waals surface area contributed by atoms with Gasteiger partial charge in [0.05, 0.1) is 12.2 Å². The van der Waals surface area contributed by atoms with Crippen molar-refractivity contribution in [2.24, 2.45) is 0 Å². The van der Waals surface area contributed by atoms with Crippen molar-refractivity contribution < 1.29 is 14.3 Å². The summed E-state index contributed by atoms with van der Waals surface area (Å²) in [6.07, 6.45) is 4.09. The molecule has 0 spiro atoms. The highest BCUT2D eigenvalue weighted by Gasteiger charge is 2.28. The van der Waals surface area contributed by atoms with E-state index in [0.717, 1.165) is 12.0 Å². The van der Waals surface area contributed by atoms with Crippen molar-refractivity contribution in [2.75, 3.05) is 18.2 Å². The van der Waals surface area contributed by atoms with Gasteiger partial charge in [0.25, 0.3) is 5.56 Å². The molecule has 0 radical (unpaired) electrons. The van der Waals surface area contributed by atoms with Crippen LogP contribution in [0.2, 0.25) is 0 Å². The molecule has 2 aromatic heterocycles. The van der Waals surface area contributed by atoms with Crippen molar-refractivity contribution in [3.63, 3.8) is 0 Å². The van der Waals surface area contributed by atoms with E-state index in [9.17, 15) is 9.59 Å². The molecule has 0 fully saturated rings. The summed E-state index contributed by atoms with van der Waals surface area (Å²) < 4.78 is 12.3. The van der Waals surface area contributed by atoms with Crippen molar-refractivity contribution in [1.29, 1.82) is 0 Å². The average Bonchev–Trinajstić information content (AvgIpc) is 3.24. The summed E-state index contributed by atoms with van der Waals surface area (Å²) in [5.74, 6) is 1.65. The van der Waals surface area contributed by atoms with Gasteiger partial charge in [0.15, 0.2) is 17.3 Å². The Morgan fingerprint density at radius 3 is 2.77 bits per heavy atom. The van der Waals surface area contributed by atoms with Gasteiger partial charge in [0, 0.05) is 42.2 Å². The number of carbonyl (C=O) groups is 1. The van der Waals surface area contributed by atoms with Gasteiger partial charge in [-0.1, -0.05) is 0 Å². The minimum absolute atomic E-state index is 0.0718. The first-order valence-corrected chi connectivity index (χ1v) is 9.82. The third-order valence-electron chi connectivity index (χ3n) is 5.53. The lowest BCUT2D eigenvalue weighted by atomic mass is 10.1. The Morgan fingerprint density at radius 2 is 1.93 bits per heavy atom. The highest BCUT2D eigenvalue weighted by Crippen LogP contribution is 2.33. The molecule has 2 aliphatic heterocycles. The van der Waals surface area contributed by atoms with Crippen LogP contribution in [0.25, 0.3) is 11.3 Å². The van der Waals surface area contributed by atoms with Crippen LogP contribution in [0.3, 0.4) is 0 Å². The third-order valence-corrected chi connectivity index (χ3v) is 5.53. The van der Waals surface area contributed by atoms with Crippen LogP contribution >= 0.6 is 0 Å². The second-order valence-corrected chi connectivity index (χ2v) is 7.42. The lowest BCUT2D eigenvalue weighted by molar-refractivity contribution is 0.0994. The molecule has 0 aliphatic carbocycles. The fourth-order valence-electron chi connectivity index (χ4n) is 3.81. The zero-order chi connectivity index (χ0) is 20.7. The molecule has 4 heterocycles. The minimum atomic E-state index is -0.126. The van der Waals surface area contributed by atoms with Gasteiger partial charge in [0.2, 0.25) is 12.7 Å². The molecule has 0 saturated heterocycles. The van der Waals surface area contributed by atoms with Crippen molar-refractivity contribution >= 4 is 11.7 Å². The van der Waals surface area contributed by atoms with Gasteiger partial charge in [-0.3, -0.25) is 19.1 Å². The average molecular weight is 404 g/mol. The van der Waals surface area contributed by atoms with Crippen molar-refractivity contribution in [3.8, 4) is 22.8 Å². The third kappa shape index (κ3) is 3.20. The molecule has 0 bridgehead atoms. The zero-order valence-electron chi connectivity index (χ0n) is 16.4. The number of anilines is 1. The molecule has 3 aromatic rings. The first kappa shape index (κ1) is 18.4. The number of hydrogen-bond donors (Lipinski definition) is 0. The van der Waals surface area contributed by atoms with E-state index in [0.29, 0.717) is 35.2 Å². The maximum absolute atomic E-state index is 13.0. The van der Waals surface area contributed by atoms with Crippen LogP contribution < -0.4 is 19.9 Å². The van der Waals surface area contributed by atoms with E-state index in [-0.39, 0.29) is 30.7 Å². The summed E-state index contributed by atoms with van der Waals surface area (Å²) in [6, 6.07) is 10.4. The van der Waals surface area contributed by atoms with E-state index >= 15 is 0 Å². The first-order valence-electron chi connectivity index (χ1n) is 9.82. The number of ketones is 1. The van der Waals surface area contributed by atoms with Crippen LogP contribution in [0.4, 0.5) is 5.95 Å². The Kier molecular flexibility index (Phi) is 4.46. The number of pyridine rings is 1. The van der Waals surface area contributed by atoms with E-state index in [1.54, 1.807) is 35.2 Å². The maximum atomic E-state index is 13.0. The van der Waals surface area contributed by atoms with Gasteiger partial charge in [-0.25, -0.2) is 4.98 Å². The molecule has 2 aliphatic rings. The number of rotatable bonds is 4. The largest absolute Gasteiger partial charge is 0.454 e. The van der Waals surface area contributed by atoms with Crippen molar-refractivity contribution in [1.82, 2.24) is 14.5 Å². The summed E-state index contributed by atoms with van der Waals surface area (Å²) in [5, 5.41) is 0. The topological polar surface area (TPSA) is 86.6 Å². The number of benzene rings is 1. The SMILES string of the molecule is CC1CCn2c(nc(-c3ccncc3)cc2=O)N1CC(=O)c1ccc2c(c1)OCO2. The summed E-state index contributed by atoms with van der Waals surface area (Å²) >= 11 is 0. The fourth-order valence-corrected chi connectivity index (χ4v) is 3.81. The minimum Gasteiger partial charge on any atom is -0.454 e. The maximum Gasteiger partial charge on any atom is 0.255 e. The molecule has 0 N–H and O–H groups in total. The Balaban J connectivity index is 1.50. The molecule has 0 amide bonds. The van der Waals surface area contributed by atoms with Crippen LogP contribution in [0.1, 0.15) is 23.7 Å². The van der Waals surface area contributed by atoms with Gasteiger partial charge in [-0.05, 0) is 43.7 Å². The Morgan fingerprint density at radius 1 is 1.13 bits per heavy atom. The number of nitrogens with zero attached hydrogens (tertiary/aromatic N) is 4. The van der Waals surface area contributed by atoms with Gasteiger partial charge in [-0.2, -0.15) is 0 Å². The van der Waals surface area contributed by atoms with Crippen LogP contribution in [0.5, 0.6) is 11.5 Å². The van der Waals surface area contributed by atoms with Gasteiger partial charge in [-0.15, -0.1) is 0 Å². The predicted octanol–water partition coefficient (Wildman–Crippen LogP) is 2.52. The standard InChI is InChI=1S/C22H20N4O4/c1-14-6-9-25-21(28)11-17(15-4-7-23-8-5-15)24-22(25)26(14)12-18(27)16-2-3-19-20(10-16)30-13-29-19/h2-5,7-8,10-11,14H,6,9,12-13H2,1H3. The normalized spacial score (nSPS) is 17.0. The number of carbonyl (C=O) groups excluding carboxylic acids is 1. The van der Waals surface area contributed by atoms with Gasteiger partial charge >= 0.3 is 0 Å². The molecule has 30 heavy (non-hydrogen) atoms. The molecular formula is C22H20N4O4. The zero-order valence-corrected chi connectivity index (χ0v) is 16.4. The Bertz CT molecular complexity index is 1180. The highest BCUT2D eigenvalue weighted by molar-refractivity contribution is 5.99. The molecule has 1 unspecified atom stereocenters. The quantitative estimate of drug-likeness (QED) is 0.618. The van der Waals surface area contributed by atoms with Crippen LogP contribution in [-0.2, 0) is 6.54 Å². The van der Waals surface area contributed by atoms with Crippen LogP contribution in [-0.4, -0.2) is 39.7 Å². The number of Topliss-reactive ketones (excluding diaryl/α,β-unsaturated/α-hetero) is 1. The van der Waals surface area contributed by atoms with E-state index in [1.165, 1.54) is 6.07 Å². The van der Waals surface area contributed by atoms with E-state index in [1.807, 2.05) is 24.0 Å². The lowest BCUT2D eigenvalue weighted by Crippen LogP contribution is -2.46. The van der Waals surface area contributed by atoms with Crippen LogP contribution in [0.15, 0.2) is 53.6 Å². The first-order chi connectivity index (χ1) is 14.6. The molecule has 0 saturated carbocycles. The predicted molar refractivity (Wildman–Crippen MR) is 110 cm³/mol. The number of hydrogen-bond acceptors (Lipinski definition) is 7. The lowest BCUT2D eigenvalue weighted by Gasteiger charge is -2.36. The van der Waals surface area contributed by atoms with Crippen LogP contribution in [0, 0.1) is 0 Å². The molecule has 8 nitrogen and oxygen atoms in total. The Labute approximate surface area is 172 Å². The van der Waals surface area contributed by atoms with E-state index in [4.69, 9.17) is 14.5 Å². The summed E-state index contributed by atoms with van der Waals surface area (Å²) in [6.45, 7) is 2.90. The number of ether oxygens (including phenoxy) is 2. The molecule has 5 rings (SSSR count). The molecular weight excluding hydrogens is 384 g/mol. The summed E-state index contributed by atoms with van der Waals surface area (Å²) in [4.78, 5) is 36.5. The summed E-state index contributed by atoms with van der Waals surface area (Å²) in [5.41, 5.74) is 1.80. The Hall–Kier alpha value is -3.68. The monoisotopic (exact) mass is 404 g/mol. The highest BCUT2D eigenvalue weighted by atomic mass is 16.7. The molecule has 8 heteroatoms. The second kappa shape index (κ2) is 7.29. The smallest absolute Gasteiger partial charge is 0.255 e. The van der Waals surface area contributed by atoms with Gasteiger partial charge in [0.1, 0.15) is 0 Å². The van der Waals surface area contributed by atoms with E-state index in [2.05, 4.69) is 4.98 Å². The number of fused-ring (bicyclic) bond motifs is 2. The molecule has 1 atom stereocenters. The van der Waals surface area contributed by atoms with Crippen molar-refractivity contribution in [3.05, 3.63) is 64.7 Å². The summed E-state index contributed by atoms with van der Waals surface area (Å²) in [7, 11) is 0. The van der Waals surface area contributed by atoms with E-state index < -0.39 is 0 Å². The second-order valence-electron chi connectivity index (χ2n) is 7.42. The fraction of sp³-hybridized carbons (Fsp3) is 0.273. The molecule has 1 aromatic carbocycles. The number of aromatic nitrogens is 3. The van der Waals surface area contributed by atoms with Gasteiger partial charge < -0.3 is 14.4 Å². The molecule has 152 valence electrons.